The molecule has 1 aliphatic carbocycles. The van der Waals surface area contributed by atoms with E-state index in [-0.39, 0.29) is 17.5 Å². The highest BCUT2D eigenvalue weighted by Gasteiger charge is 2.34. The second kappa shape index (κ2) is 11.5. The third-order valence-corrected chi connectivity index (χ3v) is 6.40. The zero-order valence-electron chi connectivity index (χ0n) is 19.5. The van der Waals surface area contributed by atoms with E-state index in [9.17, 15) is 18.0 Å². The second-order valence-electron chi connectivity index (χ2n) is 8.89. The molecule has 2 aromatic rings. The van der Waals surface area contributed by atoms with Crippen molar-refractivity contribution in [2.75, 3.05) is 6.61 Å². The molecule has 1 unspecified atom stereocenters. The molecule has 1 aliphatic rings. The quantitative estimate of drug-likeness (QED) is 0.267. The summed E-state index contributed by atoms with van der Waals surface area (Å²) in [7, 11) is 0. The van der Waals surface area contributed by atoms with Crippen LogP contribution in [0.3, 0.4) is 0 Å². The lowest BCUT2D eigenvalue weighted by Gasteiger charge is -2.20. The van der Waals surface area contributed by atoms with Gasteiger partial charge >= 0.3 is 12.1 Å². The summed E-state index contributed by atoms with van der Waals surface area (Å²) in [5.41, 5.74) is 3.96. The van der Waals surface area contributed by atoms with E-state index in [0.29, 0.717) is 13.0 Å². The van der Waals surface area contributed by atoms with Gasteiger partial charge in [-0.15, -0.1) is 0 Å². The number of rotatable bonds is 10. The van der Waals surface area contributed by atoms with Crippen LogP contribution in [0.4, 0.5) is 13.2 Å². The van der Waals surface area contributed by atoms with Gasteiger partial charge in [0.05, 0.1) is 18.1 Å². The summed E-state index contributed by atoms with van der Waals surface area (Å²) in [5.74, 6) is -0.134. The van der Waals surface area contributed by atoms with E-state index in [0.717, 1.165) is 62.1 Å². The Kier molecular flexibility index (Phi) is 8.76. The molecule has 0 amide bonds. The summed E-state index contributed by atoms with van der Waals surface area (Å²) in [6, 6.07) is 12.2. The monoisotopic (exact) mass is 458 g/mol. The minimum Gasteiger partial charge on any atom is -0.465 e. The van der Waals surface area contributed by atoms with Crippen LogP contribution in [0.25, 0.3) is 11.6 Å². The number of hydrogen-bond acceptors (Lipinski definition) is 2. The third-order valence-electron chi connectivity index (χ3n) is 6.40. The first-order valence-corrected chi connectivity index (χ1v) is 11.9. The first kappa shape index (κ1) is 25.1. The molecule has 1 atom stereocenters. The summed E-state index contributed by atoms with van der Waals surface area (Å²) in [5, 5.41) is 0. The molecule has 0 heterocycles. The van der Waals surface area contributed by atoms with Crippen LogP contribution in [-0.4, -0.2) is 12.6 Å². The number of benzene rings is 2. The average Bonchev–Trinajstić information content (AvgIpc) is 2.81. The molecule has 0 fully saturated rings. The van der Waals surface area contributed by atoms with Gasteiger partial charge in [-0.05, 0) is 72.4 Å². The van der Waals surface area contributed by atoms with Gasteiger partial charge in [0.25, 0.3) is 0 Å². The Morgan fingerprint density at radius 1 is 1.03 bits per heavy atom. The molecule has 0 bridgehead atoms. The number of ether oxygens (including phenoxy) is 1. The van der Waals surface area contributed by atoms with Crippen molar-refractivity contribution in [1.82, 2.24) is 0 Å². The van der Waals surface area contributed by atoms with E-state index >= 15 is 0 Å². The lowest BCUT2D eigenvalue weighted by molar-refractivity contribution is -0.148. The van der Waals surface area contributed by atoms with Crippen LogP contribution in [0.15, 0.2) is 42.5 Å². The lowest BCUT2D eigenvalue weighted by Crippen LogP contribution is -2.14. The molecule has 2 aromatic carbocycles. The van der Waals surface area contributed by atoms with Crippen LogP contribution in [0, 0.1) is 5.92 Å². The van der Waals surface area contributed by atoms with Crippen LogP contribution < -0.4 is 0 Å². The Bertz CT molecular complexity index is 975. The van der Waals surface area contributed by atoms with E-state index in [1.807, 2.05) is 26.0 Å². The van der Waals surface area contributed by atoms with E-state index in [4.69, 9.17) is 4.74 Å². The highest BCUT2D eigenvalue weighted by atomic mass is 19.4. The number of halogens is 3. The molecule has 3 rings (SSSR count). The first-order chi connectivity index (χ1) is 15.8. The zero-order valence-corrected chi connectivity index (χ0v) is 19.5. The molecule has 0 aliphatic heterocycles. The van der Waals surface area contributed by atoms with Crippen molar-refractivity contribution >= 4 is 17.6 Å². The topological polar surface area (TPSA) is 26.3 Å². The van der Waals surface area contributed by atoms with Crippen molar-refractivity contribution in [3.8, 4) is 0 Å². The first-order valence-electron chi connectivity index (χ1n) is 11.9. The fourth-order valence-corrected chi connectivity index (χ4v) is 4.19. The van der Waals surface area contributed by atoms with Crippen LogP contribution >= 0.6 is 0 Å². The number of carbonyl (C=O) groups is 1. The Balaban J connectivity index is 1.51. The Morgan fingerprint density at radius 2 is 1.79 bits per heavy atom. The van der Waals surface area contributed by atoms with Gasteiger partial charge in [-0.2, -0.15) is 13.2 Å². The molecule has 0 saturated carbocycles. The van der Waals surface area contributed by atoms with Crippen molar-refractivity contribution in [1.29, 1.82) is 0 Å². The minimum atomic E-state index is -4.35. The molecule has 178 valence electrons. The highest BCUT2D eigenvalue weighted by molar-refractivity contribution is 5.85. The summed E-state index contributed by atoms with van der Waals surface area (Å²) in [6.07, 6.45) is 4.77. The van der Waals surface area contributed by atoms with Gasteiger partial charge < -0.3 is 4.74 Å². The summed E-state index contributed by atoms with van der Waals surface area (Å²) < 4.78 is 45.5. The highest BCUT2D eigenvalue weighted by Crippen LogP contribution is 2.39. The molecule has 0 spiro atoms. The van der Waals surface area contributed by atoms with E-state index in [1.165, 1.54) is 17.2 Å². The number of hydrogen-bond donors (Lipinski definition) is 0. The number of esters is 1. The maximum Gasteiger partial charge on any atom is 0.416 e. The summed E-state index contributed by atoms with van der Waals surface area (Å²) >= 11 is 0. The van der Waals surface area contributed by atoms with Crippen molar-refractivity contribution < 1.29 is 22.7 Å². The van der Waals surface area contributed by atoms with Crippen molar-refractivity contribution in [2.45, 2.75) is 71.4 Å². The predicted molar refractivity (Wildman–Crippen MR) is 127 cm³/mol. The number of aryl methyl sites for hydroxylation is 2. The van der Waals surface area contributed by atoms with Crippen LogP contribution in [0.5, 0.6) is 0 Å². The fraction of sp³-hybridized carbons (Fsp3) is 0.464. The van der Waals surface area contributed by atoms with Crippen LogP contribution in [0.1, 0.15) is 80.2 Å². The standard InChI is InChI=1S/C28H33F3O2/c1-3-20(2)27(32)33-17-9-5-4-6-10-21-13-14-23-19-24(16-15-22(23)18-21)25-11-7-8-12-26(25)28(29,30)31/h7-8,11-14,18-20H,3-6,9-10,15-17H2,1-2H3. The molecule has 0 radical (unpaired) electrons. The second-order valence-corrected chi connectivity index (χ2v) is 8.89. The van der Waals surface area contributed by atoms with Crippen LogP contribution in [-0.2, 0) is 28.5 Å². The molecular formula is C28H33F3O2. The molecule has 2 nitrogen and oxygen atoms in total. The third kappa shape index (κ3) is 6.96. The van der Waals surface area contributed by atoms with Crippen molar-refractivity contribution in [3.63, 3.8) is 0 Å². The lowest BCUT2D eigenvalue weighted by atomic mass is 9.85. The Labute approximate surface area is 194 Å². The van der Waals surface area contributed by atoms with Crippen molar-refractivity contribution in [2.24, 2.45) is 5.92 Å². The summed E-state index contributed by atoms with van der Waals surface area (Å²) in [6.45, 7) is 4.36. The van der Waals surface area contributed by atoms with E-state index < -0.39 is 11.7 Å². The number of unbranched alkanes of at least 4 members (excludes halogenated alkanes) is 3. The summed E-state index contributed by atoms with van der Waals surface area (Å²) in [4.78, 5) is 11.7. The number of allylic oxidation sites excluding steroid dienone is 1. The largest absolute Gasteiger partial charge is 0.465 e. The van der Waals surface area contributed by atoms with Crippen LogP contribution in [0.2, 0.25) is 0 Å². The Morgan fingerprint density at radius 3 is 2.55 bits per heavy atom. The molecule has 0 aromatic heterocycles. The maximum atomic E-state index is 13.4. The average molecular weight is 459 g/mol. The smallest absolute Gasteiger partial charge is 0.416 e. The number of fused-ring (bicyclic) bond motifs is 1. The van der Waals surface area contributed by atoms with E-state index in [1.54, 1.807) is 12.1 Å². The number of alkyl halides is 3. The van der Waals surface area contributed by atoms with Gasteiger partial charge in [-0.3, -0.25) is 4.79 Å². The molecule has 5 heteroatoms. The SMILES string of the molecule is CCC(C)C(=O)OCCCCCCc1ccc2c(c1)CCC(c1ccccc1C(F)(F)F)=C2. The fourth-order valence-electron chi connectivity index (χ4n) is 4.19. The Hall–Kier alpha value is -2.56. The van der Waals surface area contributed by atoms with Gasteiger partial charge in [0.15, 0.2) is 0 Å². The van der Waals surface area contributed by atoms with Gasteiger partial charge in [0, 0.05) is 0 Å². The maximum absolute atomic E-state index is 13.4. The van der Waals surface area contributed by atoms with Gasteiger partial charge in [-0.25, -0.2) is 0 Å². The molecule has 0 saturated heterocycles. The number of carbonyl (C=O) groups excluding carboxylic acids is 1. The normalized spacial score (nSPS) is 14.4. The molecule has 33 heavy (non-hydrogen) atoms. The van der Waals surface area contributed by atoms with Gasteiger partial charge in [0.2, 0.25) is 0 Å². The van der Waals surface area contributed by atoms with E-state index in [2.05, 4.69) is 12.1 Å². The molecule has 0 N–H and O–H groups in total. The van der Waals surface area contributed by atoms with Crippen molar-refractivity contribution in [3.05, 3.63) is 70.3 Å². The predicted octanol–water partition coefficient (Wildman–Crippen LogP) is 7.88. The molecular weight excluding hydrogens is 425 g/mol. The zero-order chi connectivity index (χ0) is 23.8. The van der Waals surface area contributed by atoms with Gasteiger partial charge in [0.1, 0.15) is 0 Å². The van der Waals surface area contributed by atoms with Gasteiger partial charge in [-0.1, -0.05) is 69.2 Å². The minimum absolute atomic E-state index is 0.0284.